The van der Waals surface area contributed by atoms with Gasteiger partial charge in [-0.05, 0) is 39.1 Å². The lowest BCUT2D eigenvalue weighted by molar-refractivity contribution is -0.152. The lowest BCUT2D eigenvalue weighted by Crippen LogP contribution is -2.48. The number of esters is 1. The van der Waals surface area contributed by atoms with Crippen LogP contribution in [0.15, 0.2) is 18.2 Å². The van der Waals surface area contributed by atoms with Gasteiger partial charge in [-0.1, -0.05) is 0 Å². The number of carbonyl (C=O) groups excluding carboxylic acids is 1. The minimum Gasteiger partial charge on any atom is -0.496 e. The maximum Gasteiger partial charge on any atom is 0.325 e. The van der Waals surface area contributed by atoms with E-state index in [4.69, 9.17) is 9.47 Å². The predicted octanol–water partition coefficient (Wildman–Crippen LogP) is 2.22. The summed E-state index contributed by atoms with van der Waals surface area (Å²) >= 11 is 0. The van der Waals surface area contributed by atoms with Gasteiger partial charge in [0, 0.05) is 12.1 Å². The van der Waals surface area contributed by atoms with E-state index >= 15 is 0 Å². The number of hydrogen-bond acceptors (Lipinski definition) is 4. The van der Waals surface area contributed by atoms with Gasteiger partial charge in [-0.2, -0.15) is 0 Å². The highest BCUT2D eigenvalue weighted by atomic mass is 19.1. The normalized spacial score (nSPS) is 11.5. The maximum atomic E-state index is 13.3. The topological polar surface area (TPSA) is 38.8 Å². The zero-order chi connectivity index (χ0) is 14.6. The molecule has 4 nitrogen and oxygen atoms in total. The molecule has 0 aliphatic carbocycles. The fraction of sp³-hybridized carbons (Fsp3) is 0.500. The molecule has 1 aromatic rings. The molecule has 0 heterocycles. The molecule has 19 heavy (non-hydrogen) atoms. The summed E-state index contributed by atoms with van der Waals surface area (Å²) in [4.78, 5) is 13.5. The summed E-state index contributed by atoms with van der Waals surface area (Å²) in [5, 5.41) is 0. The summed E-state index contributed by atoms with van der Waals surface area (Å²) in [6.45, 7) is 3.89. The van der Waals surface area contributed by atoms with Gasteiger partial charge in [-0.15, -0.1) is 0 Å². The molecule has 0 saturated heterocycles. The fourth-order valence-electron chi connectivity index (χ4n) is 1.73. The molecule has 1 aromatic carbocycles. The van der Waals surface area contributed by atoms with Crippen LogP contribution in [0.25, 0.3) is 0 Å². The summed E-state index contributed by atoms with van der Waals surface area (Å²) in [5.41, 5.74) is -0.117. The Labute approximate surface area is 113 Å². The van der Waals surface area contributed by atoms with E-state index < -0.39 is 5.54 Å². The molecule has 0 atom stereocenters. The van der Waals surface area contributed by atoms with Crippen molar-refractivity contribution in [2.75, 3.05) is 21.3 Å². The molecule has 0 aliphatic heterocycles. The second-order valence-electron chi connectivity index (χ2n) is 4.86. The largest absolute Gasteiger partial charge is 0.496 e. The second kappa shape index (κ2) is 6.02. The van der Waals surface area contributed by atoms with E-state index in [1.54, 1.807) is 31.9 Å². The first-order chi connectivity index (χ1) is 8.82. The van der Waals surface area contributed by atoms with Crippen LogP contribution < -0.4 is 4.74 Å². The second-order valence-corrected chi connectivity index (χ2v) is 4.86. The molecular formula is C14H20FNO3. The average Bonchev–Trinajstić information content (AvgIpc) is 2.37. The van der Waals surface area contributed by atoms with Crippen molar-refractivity contribution in [3.63, 3.8) is 0 Å². The van der Waals surface area contributed by atoms with Crippen molar-refractivity contribution in [3.8, 4) is 5.75 Å². The van der Waals surface area contributed by atoms with Crippen molar-refractivity contribution in [1.29, 1.82) is 0 Å². The van der Waals surface area contributed by atoms with Crippen LogP contribution in [-0.4, -0.2) is 37.7 Å². The van der Waals surface area contributed by atoms with Crippen LogP contribution in [0.1, 0.15) is 19.4 Å². The van der Waals surface area contributed by atoms with Crippen LogP contribution in [0.3, 0.4) is 0 Å². The van der Waals surface area contributed by atoms with E-state index in [0.717, 1.165) is 0 Å². The Kier molecular flexibility index (Phi) is 4.89. The highest BCUT2D eigenvalue weighted by Gasteiger charge is 2.33. The van der Waals surface area contributed by atoms with Gasteiger partial charge in [-0.25, -0.2) is 4.39 Å². The number of halogens is 1. The molecule has 0 N–H and O–H groups in total. The van der Waals surface area contributed by atoms with E-state index in [1.165, 1.54) is 26.4 Å². The van der Waals surface area contributed by atoms with Crippen LogP contribution in [0.2, 0.25) is 0 Å². The Morgan fingerprint density at radius 2 is 2.00 bits per heavy atom. The van der Waals surface area contributed by atoms with Crippen LogP contribution in [0, 0.1) is 5.82 Å². The molecule has 0 amide bonds. The van der Waals surface area contributed by atoms with E-state index in [9.17, 15) is 9.18 Å². The zero-order valence-electron chi connectivity index (χ0n) is 12.0. The number of likely N-dealkylation sites (N-methyl/N-ethyl adjacent to an activating group) is 1. The first-order valence-electron chi connectivity index (χ1n) is 5.95. The fourth-order valence-corrected chi connectivity index (χ4v) is 1.73. The van der Waals surface area contributed by atoms with Gasteiger partial charge in [0.2, 0.25) is 0 Å². The van der Waals surface area contributed by atoms with Gasteiger partial charge in [0.15, 0.2) is 0 Å². The van der Waals surface area contributed by atoms with Crippen LogP contribution in [0.4, 0.5) is 4.39 Å². The number of methoxy groups -OCH3 is 2. The quantitative estimate of drug-likeness (QED) is 0.768. The first kappa shape index (κ1) is 15.4. The molecule has 0 spiro atoms. The van der Waals surface area contributed by atoms with Gasteiger partial charge in [0.05, 0.1) is 14.2 Å². The monoisotopic (exact) mass is 269 g/mol. The molecule has 0 unspecified atom stereocenters. The van der Waals surface area contributed by atoms with E-state index in [1.807, 2.05) is 0 Å². The lowest BCUT2D eigenvalue weighted by Gasteiger charge is -2.33. The zero-order valence-corrected chi connectivity index (χ0v) is 12.0. The Bertz CT molecular complexity index is 460. The summed E-state index contributed by atoms with van der Waals surface area (Å²) in [7, 11) is 4.66. The predicted molar refractivity (Wildman–Crippen MR) is 70.5 cm³/mol. The highest BCUT2D eigenvalue weighted by Crippen LogP contribution is 2.24. The van der Waals surface area contributed by atoms with Crippen LogP contribution >= 0.6 is 0 Å². The van der Waals surface area contributed by atoms with Gasteiger partial charge >= 0.3 is 5.97 Å². The van der Waals surface area contributed by atoms with Crippen molar-refractivity contribution in [2.45, 2.75) is 25.9 Å². The number of carbonyl (C=O) groups is 1. The minimum atomic E-state index is -0.800. The highest BCUT2D eigenvalue weighted by molar-refractivity contribution is 5.79. The molecule has 1 rings (SSSR count). The van der Waals surface area contributed by atoms with Crippen LogP contribution in [0.5, 0.6) is 5.75 Å². The Hall–Kier alpha value is -1.62. The van der Waals surface area contributed by atoms with Crippen LogP contribution in [-0.2, 0) is 16.1 Å². The third kappa shape index (κ3) is 3.44. The number of ether oxygens (including phenoxy) is 2. The van der Waals surface area contributed by atoms with Gasteiger partial charge < -0.3 is 9.47 Å². The summed E-state index contributed by atoms with van der Waals surface area (Å²) in [5.74, 6) is -0.0839. The van der Waals surface area contributed by atoms with Crippen molar-refractivity contribution >= 4 is 5.97 Å². The number of benzene rings is 1. The molecule has 0 aromatic heterocycles. The van der Waals surface area contributed by atoms with Crippen molar-refractivity contribution in [2.24, 2.45) is 0 Å². The molecular weight excluding hydrogens is 249 g/mol. The van der Waals surface area contributed by atoms with Gasteiger partial charge in [0.1, 0.15) is 17.1 Å². The third-order valence-electron chi connectivity index (χ3n) is 3.29. The molecule has 0 bridgehead atoms. The minimum absolute atomic E-state index is 0.333. The van der Waals surface area contributed by atoms with Crippen molar-refractivity contribution in [3.05, 3.63) is 29.6 Å². The molecule has 0 saturated carbocycles. The standard InChI is InChI=1S/C14H20FNO3/c1-14(2,13(17)19-5)16(3)9-10-8-11(15)6-7-12(10)18-4/h6-8H,9H2,1-5H3. The van der Waals surface area contributed by atoms with Gasteiger partial charge in [0.25, 0.3) is 0 Å². The Morgan fingerprint density at radius 3 is 2.53 bits per heavy atom. The third-order valence-corrected chi connectivity index (χ3v) is 3.29. The van der Waals surface area contributed by atoms with E-state index in [-0.39, 0.29) is 11.8 Å². The lowest BCUT2D eigenvalue weighted by atomic mass is 10.0. The van der Waals surface area contributed by atoms with Crippen molar-refractivity contribution in [1.82, 2.24) is 4.90 Å². The smallest absolute Gasteiger partial charge is 0.325 e. The molecule has 106 valence electrons. The summed E-state index contributed by atoms with van der Waals surface area (Å²) in [6, 6.07) is 4.32. The van der Waals surface area contributed by atoms with Gasteiger partial charge in [-0.3, -0.25) is 9.69 Å². The summed E-state index contributed by atoms with van der Waals surface area (Å²) < 4.78 is 23.2. The molecule has 0 radical (unpaired) electrons. The number of nitrogens with zero attached hydrogens (tertiary/aromatic N) is 1. The molecule has 0 fully saturated rings. The number of hydrogen-bond donors (Lipinski definition) is 0. The molecule has 5 heteroatoms. The summed E-state index contributed by atoms with van der Waals surface area (Å²) in [6.07, 6.45) is 0. The maximum absolute atomic E-state index is 13.3. The molecule has 0 aliphatic rings. The van der Waals surface area contributed by atoms with E-state index in [2.05, 4.69) is 0 Å². The van der Waals surface area contributed by atoms with Crippen molar-refractivity contribution < 1.29 is 18.7 Å². The first-order valence-corrected chi connectivity index (χ1v) is 5.95. The number of rotatable bonds is 5. The Morgan fingerprint density at radius 1 is 1.37 bits per heavy atom. The SMILES string of the molecule is COC(=O)C(C)(C)N(C)Cc1cc(F)ccc1OC. The average molecular weight is 269 g/mol. The van der Waals surface area contributed by atoms with E-state index in [0.29, 0.717) is 17.9 Å². The Balaban J connectivity index is 2.96.